The molecule has 1 fully saturated rings. The Morgan fingerprint density at radius 3 is 2.44 bits per heavy atom. The fourth-order valence-electron chi connectivity index (χ4n) is 2.80. The molecule has 25 heavy (non-hydrogen) atoms. The van der Waals surface area contributed by atoms with Crippen LogP contribution in [0.1, 0.15) is 6.42 Å². The summed E-state index contributed by atoms with van der Waals surface area (Å²) < 4.78 is 60.7. The first kappa shape index (κ1) is 19.4. The quantitative estimate of drug-likeness (QED) is 0.621. The zero-order chi connectivity index (χ0) is 18.8. The van der Waals surface area contributed by atoms with Gasteiger partial charge in [0.05, 0.1) is 11.5 Å². The Bertz CT molecular complexity index is 754. The highest BCUT2D eigenvalue weighted by atomic mass is 32.2. The van der Waals surface area contributed by atoms with Gasteiger partial charge in [-0.25, -0.2) is 13.6 Å². The topological polar surface area (TPSA) is 110 Å². The number of hydrogen-bond acceptors (Lipinski definition) is 6. The Kier molecular flexibility index (Phi) is 5.54. The second kappa shape index (κ2) is 7.14. The number of primary sulfonamides is 1. The number of sulfonamides is 1. The summed E-state index contributed by atoms with van der Waals surface area (Å²) in [5.74, 6) is 0. The van der Waals surface area contributed by atoms with Crippen molar-refractivity contribution >= 4 is 21.4 Å². The van der Waals surface area contributed by atoms with Crippen molar-refractivity contribution in [3.05, 3.63) is 28.3 Å². The maximum absolute atomic E-state index is 12.5. The van der Waals surface area contributed by atoms with Crippen LogP contribution >= 0.6 is 0 Å². The molecule has 0 spiro atoms. The number of nitrogens with two attached hydrogens (primary N) is 1. The summed E-state index contributed by atoms with van der Waals surface area (Å²) in [6.07, 6.45) is -3.97. The van der Waals surface area contributed by atoms with Crippen LogP contribution in [0, 0.1) is 10.1 Å². The van der Waals surface area contributed by atoms with Gasteiger partial charge in [-0.05, 0) is 18.6 Å². The van der Waals surface area contributed by atoms with E-state index in [0.29, 0.717) is 6.42 Å². The van der Waals surface area contributed by atoms with Gasteiger partial charge in [0.15, 0.2) is 4.90 Å². The number of nitrogens with zero attached hydrogens (tertiary/aromatic N) is 3. The van der Waals surface area contributed by atoms with Crippen LogP contribution in [0.15, 0.2) is 23.1 Å². The SMILES string of the molecule is NS(=O)(=O)c1cccc(N2CCCN(CC(F)(F)F)CC2)c1[N+](=O)[O-]. The van der Waals surface area contributed by atoms with Gasteiger partial charge in [-0.15, -0.1) is 0 Å². The summed E-state index contributed by atoms with van der Waals surface area (Å²) in [4.78, 5) is 12.6. The predicted octanol–water partition coefficient (Wildman–Crippen LogP) is 1.32. The third-order valence-electron chi connectivity index (χ3n) is 3.80. The van der Waals surface area contributed by atoms with Gasteiger partial charge in [0.2, 0.25) is 10.0 Å². The van der Waals surface area contributed by atoms with E-state index in [1.807, 2.05) is 0 Å². The van der Waals surface area contributed by atoms with Gasteiger partial charge in [0, 0.05) is 26.2 Å². The summed E-state index contributed by atoms with van der Waals surface area (Å²) in [5, 5.41) is 16.4. The van der Waals surface area contributed by atoms with Crippen molar-refractivity contribution in [1.29, 1.82) is 0 Å². The van der Waals surface area contributed by atoms with Gasteiger partial charge >= 0.3 is 11.9 Å². The molecule has 0 amide bonds. The van der Waals surface area contributed by atoms with E-state index < -0.39 is 38.3 Å². The molecule has 0 unspecified atom stereocenters. The zero-order valence-electron chi connectivity index (χ0n) is 13.1. The molecule has 12 heteroatoms. The molecule has 0 bridgehead atoms. The number of nitro benzene ring substituents is 1. The molecule has 1 heterocycles. The van der Waals surface area contributed by atoms with Crippen LogP contribution in [0.4, 0.5) is 24.5 Å². The molecule has 8 nitrogen and oxygen atoms in total. The minimum absolute atomic E-state index is 0.0328. The van der Waals surface area contributed by atoms with Gasteiger partial charge in [0.1, 0.15) is 5.69 Å². The van der Waals surface area contributed by atoms with Gasteiger partial charge in [-0.3, -0.25) is 15.0 Å². The smallest absolute Gasteiger partial charge is 0.365 e. The number of benzene rings is 1. The fourth-order valence-corrected chi connectivity index (χ4v) is 3.52. The first-order valence-corrected chi connectivity index (χ1v) is 8.88. The maximum Gasteiger partial charge on any atom is 0.401 e. The summed E-state index contributed by atoms with van der Waals surface area (Å²) in [5.41, 5.74) is -0.625. The lowest BCUT2D eigenvalue weighted by atomic mass is 10.2. The van der Waals surface area contributed by atoms with Crippen molar-refractivity contribution in [1.82, 2.24) is 4.90 Å². The third-order valence-corrected chi connectivity index (χ3v) is 4.74. The Hall–Kier alpha value is -1.92. The molecule has 2 N–H and O–H groups in total. The number of hydrogen-bond donors (Lipinski definition) is 1. The van der Waals surface area contributed by atoms with Gasteiger partial charge in [0.25, 0.3) is 0 Å². The molecule has 1 saturated heterocycles. The molecular formula is C13H17F3N4O4S. The molecule has 1 aliphatic rings. The average molecular weight is 382 g/mol. The van der Waals surface area contributed by atoms with E-state index in [-0.39, 0.29) is 31.9 Å². The lowest BCUT2D eigenvalue weighted by Crippen LogP contribution is -2.37. The van der Waals surface area contributed by atoms with Gasteiger partial charge in [-0.2, -0.15) is 13.2 Å². The van der Waals surface area contributed by atoms with E-state index >= 15 is 0 Å². The number of halogens is 3. The van der Waals surface area contributed by atoms with Crippen LogP contribution in [0.3, 0.4) is 0 Å². The molecular weight excluding hydrogens is 365 g/mol. The Labute approximate surface area is 142 Å². The van der Waals surface area contributed by atoms with Crippen LogP contribution in [0.5, 0.6) is 0 Å². The Balaban J connectivity index is 2.32. The fraction of sp³-hybridized carbons (Fsp3) is 0.538. The van der Waals surface area contributed by atoms with Crippen molar-refractivity contribution in [3.63, 3.8) is 0 Å². The number of anilines is 1. The lowest BCUT2D eigenvalue weighted by Gasteiger charge is -2.24. The van der Waals surface area contributed by atoms with Crippen molar-refractivity contribution in [2.75, 3.05) is 37.6 Å². The molecule has 0 aliphatic carbocycles. The van der Waals surface area contributed by atoms with Gasteiger partial charge in [-0.1, -0.05) is 6.07 Å². The Morgan fingerprint density at radius 2 is 1.88 bits per heavy atom. The standard InChI is InChI=1S/C13H17F3N4O4S/c14-13(15,16)9-18-5-2-6-19(8-7-18)10-3-1-4-11(25(17,23)24)12(10)20(21)22/h1,3-4H,2,5-9H2,(H2,17,23,24). The minimum atomic E-state index is -4.32. The van der Waals surface area contributed by atoms with Crippen molar-refractivity contribution in [2.45, 2.75) is 17.5 Å². The predicted molar refractivity (Wildman–Crippen MR) is 83.8 cm³/mol. The molecule has 1 aromatic rings. The van der Waals surface area contributed by atoms with Crippen molar-refractivity contribution in [2.24, 2.45) is 5.14 Å². The van der Waals surface area contributed by atoms with E-state index in [1.54, 1.807) is 0 Å². The molecule has 2 rings (SSSR count). The monoisotopic (exact) mass is 382 g/mol. The van der Waals surface area contributed by atoms with Crippen LogP contribution in [-0.4, -0.2) is 57.1 Å². The second-order valence-corrected chi connectivity index (χ2v) is 7.19. The van der Waals surface area contributed by atoms with Crippen LogP contribution in [0.2, 0.25) is 0 Å². The zero-order valence-corrected chi connectivity index (χ0v) is 13.9. The van der Waals surface area contributed by atoms with E-state index in [2.05, 4.69) is 0 Å². The van der Waals surface area contributed by atoms with E-state index in [0.717, 1.165) is 6.07 Å². The number of nitro groups is 1. The molecule has 0 saturated carbocycles. The molecule has 1 aliphatic heterocycles. The highest BCUT2D eigenvalue weighted by Crippen LogP contribution is 2.34. The summed E-state index contributed by atoms with van der Waals surface area (Å²) in [6.45, 7) is -0.441. The molecule has 0 radical (unpaired) electrons. The first-order valence-electron chi connectivity index (χ1n) is 7.33. The number of rotatable bonds is 4. The molecule has 0 atom stereocenters. The molecule has 0 aromatic heterocycles. The largest absolute Gasteiger partial charge is 0.401 e. The van der Waals surface area contributed by atoms with Crippen molar-refractivity contribution in [3.8, 4) is 0 Å². The van der Waals surface area contributed by atoms with E-state index in [4.69, 9.17) is 5.14 Å². The third kappa shape index (κ3) is 5.03. The second-order valence-electron chi connectivity index (χ2n) is 5.66. The summed E-state index contributed by atoms with van der Waals surface area (Å²) in [6, 6.07) is 3.72. The minimum Gasteiger partial charge on any atom is -0.365 e. The van der Waals surface area contributed by atoms with E-state index in [1.165, 1.54) is 21.9 Å². The highest BCUT2D eigenvalue weighted by Gasteiger charge is 2.33. The molecule has 1 aromatic carbocycles. The number of alkyl halides is 3. The van der Waals surface area contributed by atoms with E-state index in [9.17, 15) is 31.7 Å². The van der Waals surface area contributed by atoms with Crippen LogP contribution in [0.25, 0.3) is 0 Å². The van der Waals surface area contributed by atoms with Crippen LogP contribution in [-0.2, 0) is 10.0 Å². The van der Waals surface area contributed by atoms with Gasteiger partial charge < -0.3 is 4.90 Å². The lowest BCUT2D eigenvalue weighted by molar-refractivity contribution is -0.387. The maximum atomic E-state index is 12.5. The van der Waals surface area contributed by atoms with Crippen molar-refractivity contribution < 1.29 is 26.5 Å². The highest BCUT2D eigenvalue weighted by molar-refractivity contribution is 7.89. The molecule has 140 valence electrons. The summed E-state index contributed by atoms with van der Waals surface area (Å²) >= 11 is 0. The average Bonchev–Trinajstić information content (AvgIpc) is 2.69. The van der Waals surface area contributed by atoms with Crippen LogP contribution < -0.4 is 10.0 Å². The number of para-hydroxylation sites is 1. The normalized spacial score (nSPS) is 17.4. The summed E-state index contributed by atoms with van der Waals surface area (Å²) in [7, 11) is -4.31. The Morgan fingerprint density at radius 1 is 1.20 bits per heavy atom. The first-order chi connectivity index (χ1) is 11.5.